The minimum absolute atomic E-state index is 0.135. The lowest BCUT2D eigenvalue weighted by molar-refractivity contribution is -0.143. The van der Waals surface area contributed by atoms with Crippen molar-refractivity contribution in [1.29, 1.82) is 0 Å². The molecule has 0 saturated carbocycles. The maximum absolute atomic E-state index is 12.3. The van der Waals surface area contributed by atoms with Crippen LogP contribution in [0.2, 0.25) is 0 Å². The summed E-state index contributed by atoms with van der Waals surface area (Å²) >= 11 is 0. The van der Waals surface area contributed by atoms with Crippen molar-refractivity contribution in [3.05, 3.63) is 35.9 Å². The number of rotatable bonds is 5. The zero-order valence-corrected chi connectivity index (χ0v) is 13.6. The number of ether oxygens (including phenoxy) is 2. The Bertz CT molecular complexity index is 590. The van der Waals surface area contributed by atoms with Gasteiger partial charge in [0.25, 0.3) is 0 Å². The van der Waals surface area contributed by atoms with Gasteiger partial charge in [0.05, 0.1) is 12.5 Å². The molecule has 0 aromatic heterocycles. The number of hydrogen-bond acceptors (Lipinski definition) is 5. The molecular weight excluding hydrogens is 312 g/mol. The van der Waals surface area contributed by atoms with Crippen LogP contribution in [0.15, 0.2) is 30.3 Å². The molecule has 0 aliphatic carbocycles. The fraction of sp³-hybridized carbons (Fsp3) is 0.471. The minimum Gasteiger partial charge on any atom is -0.466 e. The van der Waals surface area contributed by atoms with Gasteiger partial charge in [0, 0.05) is 25.9 Å². The average molecular weight is 334 g/mol. The molecule has 0 bridgehead atoms. The second kappa shape index (κ2) is 8.33. The van der Waals surface area contributed by atoms with Crippen LogP contribution >= 0.6 is 0 Å². The molecule has 7 heteroatoms. The van der Waals surface area contributed by atoms with Crippen molar-refractivity contribution >= 4 is 18.0 Å². The van der Waals surface area contributed by atoms with E-state index in [1.54, 1.807) is 0 Å². The number of benzene rings is 1. The van der Waals surface area contributed by atoms with Crippen LogP contribution in [0.4, 0.5) is 4.79 Å². The minimum atomic E-state index is -0.502. The highest BCUT2D eigenvalue weighted by Crippen LogP contribution is 2.23. The maximum atomic E-state index is 12.3. The van der Waals surface area contributed by atoms with Gasteiger partial charge in [-0.3, -0.25) is 9.59 Å². The van der Waals surface area contributed by atoms with Gasteiger partial charge >= 0.3 is 12.1 Å². The van der Waals surface area contributed by atoms with E-state index in [0.29, 0.717) is 13.0 Å². The predicted molar refractivity (Wildman–Crippen MR) is 85.6 cm³/mol. The van der Waals surface area contributed by atoms with Crippen molar-refractivity contribution in [2.75, 3.05) is 19.7 Å². The summed E-state index contributed by atoms with van der Waals surface area (Å²) in [6.45, 7) is 2.22. The molecule has 1 saturated heterocycles. The summed E-state index contributed by atoms with van der Waals surface area (Å²) in [5.74, 6) is -1.47. The molecule has 2 amide bonds. The number of nitrogens with two attached hydrogens (primary N) is 1. The molecule has 7 nitrogen and oxygen atoms in total. The second-order valence-corrected chi connectivity index (χ2v) is 5.95. The Hall–Kier alpha value is -2.57. The Labute approximate surface area is 140 Å². The Balaban J connectivity index is 1.94. The molecule has 2 N–H and O–H groups in total. The van der Waals surface area contributed by atoms with Gasteiger partial charge in [-0.25, -0.2) is 4.79 Å². The molecule has 0 spiro atoms. The van der Waals surface area contributed by atoms with E-state index in [1.807, 2.05) is 30.3 Å². The summed E-state index contributed by atoms with van der Waals surface area (Å²) in [4.78, 5) is 36.2. The Kier molecular flexibility index (Phi) is 6.17. The zero-order chi connectivity index (χ0) is 17.5. The predicted octanol–water partition coefficient (Wildman–Crippen LogP) is 1.31. The van der Waals surface area contributed by atoms with Crippen molar-refractivity contribution in [2.24, 2.45) is 17.6 Å². The van der Waals surface area contributed by atoms with Crippen LogP contribution in [0, 0.1) is 11.8 Å². The summed E-state index contributed by atoms with van der Waals surface area (Å²) in [7, 11) is 0. The summed E-state index contributed by atoms with van der Waals surface area (Å²) in [6.07, 6.45) is -0.0110. The summed E-state index contributed by atoms with van der Waals surface area (Å²) < 4.78 is 10.3. The number of primary amides is 1. The number of likely N-dealkylation sites (tertiary alicyclic amines) is 1. The van der Waals surface area contributed by atoms with Gasteiger partial charge in [0.1, 0.15) is 6.61 Å². The van der Waals surface area contributed by atoms with E-state index in [4.69, 9.17) is 15.2 Å². The fourth-order valence-electron chi connectivity index (χ4n) is 2.73. The topological polar surface area (TPSA) is 98.9 Å². The third-order valence-electron chi connectivity index (χ3n) is 3.93. The van der Waals surface area contributed by atoms with Gasteiger partial charge < -0.3 is 20.1 Å². The molecule has 24 heavy (non-hydrogen) atoms. The number of hydrogen-bond donors (Lipinski definition) is 1. The van der Waals surface area contributed by atoms with Gasteiger partial charge in [-0.1, -0.05) is 30.3 Å². The van der Waals surface area contributed by atoms with Crippen molar-refractivity contribution in [2.45, 2.75) is 20.0 Å². The zero-order valence-electron chi connectivity index (χ0n) is 13.6. The highest BCUT2D eigenvalue weighted by Gasteiger charge is 2.34. The molecule has 1 aliphatic heterocycles. The van der Waals surface area contributed by atoms with Crippen LogP contribution in [-0.4, -0.2) is 42.6 Å². The van der Waals surface area contributed by atoms with Crippen molar-refractivity contribution in [3.8, 4) is 0 Å². The normalized spacial score (nSPS) is 20.3. The highest BCUT2D eigenvalue weighted by atomic mass is 16.6. The molecule has 2 atom stereocenters. The van der Waals surface area contributed by atoms with Crippen molar-refractivity contribution < 1.29 is 23.9 Å². The fourth-order valence-corrected chi connectivity index (χ4v) is 2.73. The molecule has 1 aliphatic rings. The third kappa shape index (κ3) is 5.26. The van der Waals surface area contributed by atoms with E-state index < -0.39 is 23.9 Å². The van der Waals surface area contributed by atoms with Crippen molar-refractivity contribution in [1.82, 2.24) is 4.90 Å². The van der Waals surface area contributed by atoms with Crippen LogP contribution in [0.5, 0.6) is 0 Å². The smallest absolute Gasteiger partial charge is 0.410 e. The number of nitrogens with zero attached hydrogens (tertiary/aromatic N) is 1. The lowest BCUT2D eigenvalue weighted by Crippen LogP contribution is -2.48. The van der Waals surface area contributed by atoms with Crippen LogP contribution in [0.1, 0.15) is 18.9 Å². The van der Waals surface area contributed by atoms with Crippen LogP contribution in [-0.2, 0) is 25.7 Å². The number of esters is 1. The SMILES string of the molecule is CC(=O)OC[C@H]1C[C@@H](C(N)=O)CN(C(=O)OCc2ccccc2)C1. The summed E-state index contributed by atoms with van der Waals surface area (Å²) in [5.41, 5.74) is 6.27. The molecule has 0 radical (unpaired) electrons. The molecule has 1 fully saturated rings. The standard InChI is InChI=1S/C17H22N2O5/c1-12(20)23-11-14-7-15(16(18)21)9-19(8-14)17(22)24-10-13-5-3-2-4-6-13/h2-6,14-15H,7-11H2,1H3,(H2,18,21)/t14-,15+/m0/s1. The van der Waals surface area contributed by atoms with Gasteiger partial charge in [0.2, 0.25) is 5.91 Å². The first-order valence-electron chi connectivity index (χ1n) is 7.84. The number of piperidine rings is 1. The van der Waals surface area contributed by atoms with E-state index in [-0.39, 0.29) is 25.7 Å². The van der Waals surface area contributed by atoms with E-state index in [9.17, 15) is 14.4 Å². The molecule has 130 valence electrons. The second-order valence-electron chi connectivity index (χ2n) is 5.95. The van der Waals surface area contributed by atoms with Crippen LogP contribution in [0.3, 0.4) is 0 Å². The molecule has 0 unspecified atom stereocenters. The highest BCUT2D eigenvalue weighted by molar-refractivity contribution is 5.78. The lowest BCUT2D eigenvalue weighted by atomic mass is 9.89. The number of carbonyl (C=O) groups is 3. The largest absolute Gasteiger partial charge is 0.466 e. The quantitative estimate of drug-likeness (QED) is 0.819. The molecular formula is C17H22N2O5. The van der Waals surface area contributed by atoms with E-state index in [1.165, 1.54) is 11.8 Å². The third-order valence-corrected chi connectivity index (χ3v) is 3.93. The Morgan fingerprint density at radius 2 is 1.88 bits per heavy atom. The van der Waals surface area contributed by atoms with E-state index in [0.717, 1.165) is 5.56 Å². The number of carbonyl (C=O) groups excluding carboxylic acids is 3. The average Bonchev–Trinajstić information content (AvgIpc) is 2.58. The molecule has 1 heterocycles. The Morgan fingerprint density at radius 3 is 2.50 bits per heavy atom. The lowest BCUT2D eigenvalue weighted by Gasteiger charge is -2.35. The maximum Gasteiger partial charge on any atom is 0.410 e. The Morgan fingerprint density at radius 1 is 1.17 bits per heavy atom. The van der Waals surface area contributed by atoms with Crippen molar-refractivity contribution in [3.63, 3.8) is 0 Å². The van der Waals surface area contributed by atoms with Gasteiger partial charge in [-0.2, -0.15) is 0 Å². The van der Waals surface area contributed by atoms with Crippen LogP contribution in [0.25, 0.3) is 0 Å². The first kappa shape index (κ1) is 17.8. The first-order valence-corrected chi connectivity index (χ1v) is 7.84. The van der Waals surface area contributed by atoms with Gasteiger partial charge in [-0.15, -0.1) is 0 Å². The van der Waals surface area contributed by atoms with Crippen LogP contribution < -0.4 is 5.73 Å². The van der Waals surface area contributed by atoms with E-state index >= 15 is 0 Å². The van der Waals surface area contributed by atoms with Gasteiger partial charge in [-0.05, 0) is 12.0 Å². The molecule has 2 rings (SSSR count). The summed E-state index contributed by atoms with van der Waals surface area (Å²) in [6, 6.07) is 9.33. The first-order chi connectivity index (χ1) is 11.5. The monoisotopic (exact) mass is 334 g/mol. The van der Waals surface area contributed by atoms with Gasteiger partial charge in [0.15, 0.2) is 0 Å². The van der Waals surface area contributed by atoms with E-state index in [2.05, 4.69) is 0 Å². The summed E-state index contributed by atoms with van der Waals surface area (Å²) in [5, 5.41) is 0. The molecule has 1 aromatic rings. The number of amides is 2. The molecule has 1 aromatic carbocycles.